The Hall–Kier alpha value is -1.51. The Balaban J connectivity index is 1.87. The SMILES string of the molecule is NCC1CCCN1C(=O)CCNS(=O)(=O)c1ccc(F)cc1. The smallest absolute Gasteiger partial charge is 0.240 e. The third-order valence-corrected chi connectivity index (χ3v) is 5.20. The van der Waals surface area contributed by atoms with Gasteiger partial charge in [-0.05, 0) is 37.1 Å². The van der Waals surface area contributed by atoms with Gasteiger partial charge in [0, 0.05) is 32.1 Å². The zero-order valence-corrected chi connectivity index (χ0v) is 13.0. The van der Waals surface area contributed by atoms with E-state index in [0.717, 1.165) is 25.0 Å². The van der Waals surface area contributed by atoms with E-state index in [4.69, 9.17) is 5.73 Å². The predicted octanol–water partition coefficient (Wildman–Crippen LogP) is 0.444. The van der Waals surface area contributed by atoms with Gasteiger partial charge in [0.05, 0.1) is 4.90 Å². The van der Waals surface area contributed by atoms with Crippen molar-refractivity contribution in [2.75, 3.05) is 19.6 Å². The second kappa shape index (κ2) is 7.17. The van der Waals surface area contributed by atoms with E-state index in [1.165, 1.54) is 12.1 Å². The van der Waals surface area contributed by atoms with Crippen LogP contribution in [0.25, 0.3) is 0 Å². The molecule has 1 heterocycles. The molecule has 0 aromatic heterocycles. The van der Waals surface area contributed by atoms with Crippen LogP contribution in [0.4, 0.5) is 4.39 Å². The van der Waals surface area contributed by atoms with Crippen LogP contribution in [0.1, 0.15) is 19.3 Å². The lowest BCUT2D eigenvalue weighted by atomic mass is 10.2. The second-order valence-electron chi connectivity index (χ2n) is 5.22. The average molecular weight is 329 g/mol. The number of nitrogens with zero attached hydrogens (tertiary/aromatic N) is 1. The molecule has 0 bridgehead atoms. The zero-order valence-electron chi connectivity index (χ0n) is 12.2. The molecule has 2 rings (SSSR count). The fourth-order valence-electron chi connectivity index (χ4n) is 2.54. The van der Waals surface area contributed by atoms with Gasteiger partial charge < -0.3 is 10.6 Å². The van der Waals surface area contributed by atoms with E-state index in [0.29, 0.717) is 13.1 Å². The molecule has 1 amide bonds. The van der Waals surface area contributed by atoms with Crippen LogP contribution in [0, 0.1) is 5.82 Å². The van der Waals surface area contributed by atoms with Crippen molar-refractivity contribution in [2.45, 2.75) is 30.2 Å². The van der Waals surface area contributed by atoms with Crippen molar-refractivity contribution in [3.05, 3.63) is 30.1 Å². The maximum absolute atomic E-state index is 12.8. The molecular formula is C14H20FN3O3S. The van der Waals surface area contributed by atoms with E-state index in [-0.39, 0.29) is 29.8 Å². The largest absolute Gasteiger partial charge is 0.338 e. The minimum atomic E-state index is -3.73. The molecular weight excluding hydrogens is 309 g/mol. The number of benzene rings is 1. The minimum absolute atomic E-state index is 0.00628. The highest BCUT2D eigenvalue weighted by molar-refractivity contribution is 7.89. The number of hydrogen-bond acceptors (Lipinski definition) is 4. The molecule has 22 heavy (non-hydrogen) atoms. The number of carbonyl (C=O) groups excluding carboxylic acids is 1. The summed E-state index contributed by atoms with van der Waals surface area (Å²) in [5.41, 5.74) is 5.61. The topological polar surface area (TPSA) is 92.5 Å². The number of hydrogen-bond donors (Lipinski definition) is 2. The Bertz CT molecular complexity index is 619. The molecule has 1 aromatic rings. The Kier molecular flexibility index (Phi) is 5.49. The summed E-state index contributed by atoms with van der Waals surface area (Å²) < 4.78 is 39.1. The predicted molar refractivity (Wildman–Crippen MR) is 80.0 cm³/mol. The van der Waals surface area contributed by atoms with Crippen LogP contribution < -0.4 is 10.5 Å². The van der Waals surface area contributed by atoms with Gasteiger partial charge in [-0.2, -0.15) is 0 Å². The molecule has 3 N–H and O–H groups in total. The molecule has 1 aliphatic rings. The fraction of sp³-hybridized carbons (Fsp3) is 0.500. The van der Waals surface area contributed by atoms with Crippen LogP contribution >= 0.6 is 0 Å². The van der Waals surface area contributed by atoms with E-state index in [9.17, 15) is 17.6 Å². The van der Waals surface area contributed by atoms with Crippen LogP contribution in [0.3, 0.4) is 0 Å². The molecule has 6 nitrogen and oxygen atoms in total. The van der Waals surface area contributed by atoms with Gasteiger partial charge in [0.25, 0.3) is 0 Å². The number of likely N-dealkylation sites (tertiary alicyclic amines) is 1. The van der Waals surface area contributed by atoms with Gasteiger partial charge in [-0.15, -0.1) is 0 Å². The van der Waals surface area contributed by atoms with Gasteiger partial charge in [0.1, 0.15) is 5.82 Å². The quantitative estimate of drug-likeness (QED) is 0.792. The maximum atomic E-state index is 12.8. The average Bonchev–Trinajstić information content (AvgIpc) is 2.96. The summed E-state index contributed by atoms with van der Waals surface area (Å²) in [7, 11) is -3.73. The summed E-state index contributed by atoms with van der Waals surface area (Å²) in [6.07, 6.45) is 1.90. The molecule has 1 aliphatic heterocycles. The Morgan fingerprint density at radius 3 is 2.68 bits per heavy atom. The van der Waals surface area contributed by atoms with E-state index < -0.39 is 15.8 Å². The molecule has 1 atom stereocenters. The third-order valence-electron chi connectivity index (χ3n) is 3.72. The van der Waals surface area contributed by atoms with Crippen LogP contribution in [0.15, 0.2) is 29.2 Å². The molecule has 0 saturated carbocycles. The first-order valence-electron chi connectivity index (χ1n) is 7.19. The molecule has 0 aliphatic carbocycles. The maximum Gasteiger partial charge on any atom is 0.240 e. The third kappa shape index (κ3) is 4.02. The van der Waals surface area contributed by atoms with E-state index in [1.54, 1.807) is 4.90 Å². The summed E-state index contributed by atoms with van der Waals surface area (Å²) in [6, 6.07) is 4.58. The lowest BCUT2D eigenvalue weighted by Gasteiger charge is -2.23. The van der Waals surface area contributed by atoms with Gasteiger partial charge in [-0.1, -0.05) is 0 Å². The van der Waals surface area contributed by atoms with Crippen molar-refractivity contribution in [2.24, 2.45) is 5.73 Å². The van der Waals surface area contributed by atoms with Crippen molar-refractivity contribution >= 4 is 15.9 Å². The summed E-state index contributed by atoms with van der Waals surface area (Å²) in [5, 5.41) is 0. The van der Waals surface area contributed by atoms with Gasteiger partial charge in [0.2, 0.25) is 15.9 Å². The molecule has 122 valence electrons. The highest BCUT2D eigenvalue weighted by Gasteiger charge is 2.27. The second-order valence-corrected chi connectivity index (χ2v) is 6.99. The first kappa shape index (κ1) is 16.9. The number of nitrogens with one attached hydrogen (secondary N) is 1. The summed E-state index contributed by atoms with van der Waals surface area (Å²) in [4.78, 5) is 13.8. The lowest BCUT2D eigenvalue weighted by molar-refractivity contribution is -0.131. The van der Waals surface area contributed by atoms with Gasteiger partial charge in [-0.25, -0.2) is 17.5 Å². The van der Waals surface area contributed by atoms with Gasteiger partial charge in [-0.3, -0.25) is 4.79 Å². The number of halogens is 1. The first-order valence-corrected chi connectivity index (χ1v) is 8.67. The lowest BCUT2D eigenvalue weighted by Crippen LogP contribution is -2.41. The van der Waals surface area contributed by atoms with Gasteiger partial charge >= 0.3 is 0 Å². The Morgan fingerprint density at radius 2 is 2.05 bits per heavy atom. The molecule has 1 aromatic carbocycles. The van der Waals surface area contributed by atoms with Crippen molar-refractivity contribution in [3.8, 4) is 0 Å². The standard InChI is InChI=1S/C14H20FN3O3S/c15-11-3-5-13(6-4-11)22(20,21)17-8-7-14(19)18-9-1-2-12(18)10-16/h3-6,12,17H,1-2,7-10,16H2. The molecule has 0 spiro atoms. The monoisotopic (exact) mass is 329 g/mol. The first-order chi connectivity index (χ1) is 10.4. The van der Waals surface area contributed by atoms with Crippen molar-refractivity contribution in [1.29, 1.82) is 0 Å². The number of carbonyl (C=O) groups is 1. The summed E-state index contributed by atoms with van der Waals surface area (Å²) in [5.74, 6) is -0.606. The van der Waals surface area contributed by atoms with E-state index in [2.05, 4.69) is 4.72 Å². The normalized spacial score (nSPS) is 18.6. The van der Waals surface area contributed by atoms with Crippen LogP contribution in [-0.2, 0) is 14.8 Å². The molecule has 1 saturated heterocycles. The number of nitrogens with two attached hydrogens (primary N) is 1. The molecule has 8 heteroatoms. The number of sulfonamides is 1. The number of rotatable bonds is 6. The fourth-order valence-corrected chi connectivity index (χ4v) is 3.57. The molecule has 1 fully saturated rings. The minimum Gasteiger partial charge on any atom is -0.338 e. The summed E-state index contributed by atoms with van der Waals surface area (Å²) >= 11 is 0. The van der Waals surface area contributed by atoms with Crippen LogP contribution in [0.5, 0.6) is 0 Å². The molecule has 1 unspecified atom stereocenters. The Labute approximate surface area is 129 Å². The zero-order chi connectivity index (χ0) is 16.2. The van der Waals surface area contributed by atoms with Crippen molar-refractivity contribution in [3.63, 3.8) is 0 Å². The van der Waals surface area contributed by atoms with Crippen LogP contribution in [-0.4, -0.2) is 44.9 Å². The van der Waals surface area contributed by atoms with Gasteiger partial charge in [0.15, 0.2) is 0 Å². The highest BCUT2D eigenvalue weighted by atomic mass is 32.2. The Morgan fingerprint density at radius 1 is 1.36 bits per heavy atom. The van der Waals surface area contributed by atoms with E-state index in [1.807, 2.05) is 0 Å². The van der Waals surface area contributed by atoms with E-state index >= 15 is 0 Å². The van der Waals surface area contributed by atoms with Crippen molar-refractivity contribution < 1.29 is 17.6 Å². The number of amides is 1. The van der Waals surface area contributed by atoms with Crippen LogP contribution in [0.2, 0.25) is 0 Å². The summed E-state index contributed by atoms with van der Waals surface area (Å²) in [6.45, 7) is 1.10. The molecule has 0 radical (unpaired) electrons. The highest BCUT2D eigenvalue weighted by Crippen LogP contribution is 2.17. The van der Waals surface area contributed by atoms with Crippen molar-refractivity contribution in [1.82, 2.24) is 9.62 Å².